The molecule has 0 aromatic heterocycles. The van der Waals surface area contributed by atoms with Gasteiger partial charge in [-0.3, -0.25) is 20.4 Å². The lowest BCUT2D eigenvalue weighted by Gasteiger charge is -2.23. The molecule has 0 spiro atoms. The van der Waals surface area contributed by atoms with E-state index in [2.05, 4.69) is 31.6 Å². The normalized spacial score (nSPS) is 10.9. The lowest BCUT2D eigenvalue weighted by atomic mass is 9.82. The summed E-state index contributed by atoms with van der Waals surface area (Å²) in [7, 11) is 0. The van der Waals surface area contributed by atoms with Crippen molar-refractivity contribution >= 4 is 11.8 Å². The van der Waals surface area contributed by atoms with Gasteiger partial charge in [0.2, 0.25) is 0 Å². The van der Waals surface area contributed by atoms with Crippen molar-refractivity contribution in [1.82, 2.24) is 10.9 Å². The van der Waals surface area contributed by atoms with Gasteiger partial charge in [-0.25, -0.2) is 0 Å². The van der Waals surface area contributed by atoms with E-state index in [9.17, 15) is 9.59 Å². The fourth-order valence-corrected chi connectivity index (χ4v) is 3.03. The first kappa shape index (κ1) is 23.9. The number of hydrogen-bond donors (Lipinski definition) is 2. The van der Waals surface area contributed by atoms with Crippen molar-refractivity contribution in [2.45, 2.75) is 39.2 Å². The zero-order valence-corrected chi connectivity index (χ0v) is 19.3. The van der Waals surface area contributed by atoms with Crippen molar-refractivity contribution in [2.24, 2.45) is 0 Å². The Hall–Kier alpha value is -3.80. The van der Waals surface area contributed by atoms with E-state index in [1.165, 1.54) is 5.56 Å². The minimum Gasteiger partial charge on any atom is -0.489 e. The third-order valence-corrected chi connectivity index (χ3v) is 5.57. The van der Waals surface area contributed by atoms with Gasteiger partial charge in [0.25, 0.3) is 11.8 Å². The van der Waals surface area contributed by atoms with Crippen molar-refractivity contribution in [3.05, 3.63) is 95.6 Å². The highest BCUT2D eigenvalue weighted by Gasteiger charge is 2.17. The van der Waals surface area contributed by atoms with Crippen LogP contribution < -0.4 is 20.3 Å². The van der Waals surface area contributed by atoms with E-state index in [1.54, 1.807) is 24.3 Å². The van der Waals surface area contributed by atoms with Crippen LogP contribution in [0, 0.1) is 0 Å². The van der Waals surface area contributed by atoms with Crippen LogP contribution in [-0.2, 0) is 16.8 Å². The number of hydrazine groups is 1. The van der Waals surface area contributed by atoms with Crippen LogP contribution in [0.15, 0.2) is 78.9 Å². The summed E-state index contributed by atoms with van der Waals surface area (Å²) in [6.07, 6.45) is 1.03. The Morgan fingerprint density at radius 3 is 2.03 bits per heavy atom. The minimum atomic E-state index is -0.455. The predicted molar refractivity (Wildman–Crippen MR) is 128 cm³/mol. The van der Waals surface area contributed by atoms with Gasteiger partial charge in [-0.2, -0.15) is 0 Å². The summed E-state index contributed by atoms with van der Waals surface area (Å²) < 4.78 is 11.2. The summed E-state index contributed by atoms with van der Waals surface area (Å²) in [6.45, 7) is 6.76. The largest absolute Gasteiger partial charge is 0.489 e. The van der Waals surface area contributed by atoms with E-state index in [4.69, 9.17) is 9.47 Å². The first-order valence-electron chi connectivity index (χ1n) is 11.0. The van der Waals surface area contributed by atoms with E-state index < -0.39 is 11.8 Å². The molecule has 0 atom stereocenters. The second kappa shape index (κ2) is 11.2. The van der Waals surface area contributed by atoms with Crippen LogP contribution in [-0.4, -0.2) is 18.4 Å². The lowest BCUT2D eigenvalue weighted by Crippen LogP contribution is -2.43. The molecule has 0 saturated heterocycles. The van der Waals surface area contributed by atoms with E-state index in [0.717, 1.165) is 12.0 Å². The van der Waals surface area contributed by atoms with Crippen LogP contribution in [0.2, 0.25) is 0 Å². The van der Waals surface area contributed by atoms with Gasteiger partial charge in [-0.05, 0) is 59.4 Å². The van der Waals surface area contributed by atoms with Gasteiger partial charge in [-0.1, -0.05) is 63.2 Å². The van der Waals surface area contributed by atoms with Crippen molar-refractivity contribution in [1.29, 1.82) is 0 Å². The second-order valence-electron chi connectivity index (χ2n) is 8.35. The Labute approximate surface area is 194 Å². The maximum Gasteiger partial charge on any atom is 0.276 e. The van der Waals surface area contributed by atoms with Crippen LogP contribution in [0.5, 0.6) is 11.5 Å². The standard InChI is InChI=1S/C27H30N2O4/c1-4-27(2,3)22-12-16-24(17-13-22)33-19-25(30)28-29-26(31)21-10-14-23(15-11-21)32-18-20-8-6-5-7-9-20/h5-17H,4,18-19H2,1-3H3,(H,28,30)(H,29,31). The van der Waals surface area contributed by atoms with Gasteiger partial charge in [0.15, 0.2) is 6.61 Å². The summed E-state index contributed by atoms with van der Waals surface area (Å²) in [5.74, 6) is 0.368. The molecule has 0 radical (unpaired) electrons. The Bertz CT molecular complexity index is 1050. The molecule has 0 aliphatic heterocycles. The molecule has 0 bridgehead atoms. The zero-order chi connectivity index (χ0) is 23.7. The van der Waals surface area contributed by atoms with E-state index in [0.29, 0.717) is 23.7 Å². The number of ether oxygens (including phenoxy) is 2. The number of nitrogens with one attached hydrogen (secondary N) is 2. The molecule has 172 valence electrons. The summed E-state index contributed by atoms with van der Waals surface area (Å²) in [4.78, 5) is 24.3. The highest BCUT2D eigenvalue weighted by atomic mass is 16.5. The summed E-state index contributed by atoms with van der Waals surface area (Å²) in [5.41, 5.74) is 7.52. The number of benzene rings is 3. The molecule has 3 aromatic carbocycles. The maximum absolute atomic E-state index is 12.3. The molecule has 33 heavy (non-hydrogen) atoms. The second-order valence-corrected chi connectivity index (χ2v) is 8.35. The van der Waals surface area contributed by atoms with E-state index in [-0.39, 0.29) is 12.0 Å². The fourth-order valence-electron chi connectivity index (χ4n) is 3.03. The number of hydrogen-bond acceptors (Lipinski definition) is 4. The van der Waals surface area contributed by atoms with Crippen LogP contribution in [0.25, 0.3) is 0 Å². The number of carbonyl (C=O) groups is 2. The topological polar surface area (TPSA) is 76.7 Å². The molecular weight excluding hydrogens is 416 g/mol. The highest BCUT2D eigenvalue weighted by molar-refractivity contribution is 5.95. The van der Waals surface area contributed by atoms with Crippen LogP contribution >= 0.6 is 0 Å². The Morgan fingerprint density at radius 1 is 0.788 bits per heavy atom. The van der Waals surface area contributed by atoms with Crippen molar-refractivity contribution < 1.29 is 19.1 Å². The smallest absolute Gasteiger partial charge is 0.276 e. The van der Waals surface area contributed by atoms with Crippen molar-refractivity contribution in [3.63, 3.8) is 0 Å². The molecule has 2 N–H and O–H groups in total. The van der Waals surface area contributed by atoms with Crippen LogP contribution in [0.3, 0.4) is 0 Å². The Morgan fingerprint density at radius 2 is 1.39 bits per heavy atom. The van der Waals surface area contributed by atoms with Gasteiger partial charge in [-0.15, -0.1) is 0 Å². The molecular formula is C27H30N2O4. The van der Waals surface area contributed by atoms with Gasteiger partial charge in [0, 0.05) is 5.56 Å². The summed E-state index contributed by atoms with van der Waals surface area (Å²) in [6, 6.07) is 24.2. The molecule has 3 rings (SSSR count). The number of amides is 2. The van der Waals surface area contributed by atoms with Gasteiger partial charge < -0.3 is 9.47 Å². The van der Waals surface area contributed by atoms with Gasteiger partial charge in [0.05, 0.1) is 0 Å². The zero-order valence-electron chi connectivity index (χ0n) is 19.3. The third kappa shape index (κ3) is 7.10. The molecule has 2 amide bonds. The van der Waals surface area contributed by atoms with Crippen molar-refractivity contribution in [2.75, 3.05) is 6.61 Å². The number of rotatable bonds is 9. The summed E-state index contributed by atoms with van der Waals surface area (Å²) >= 11 is 0. The summed E-state index contributed by atoms with van der Waals surface area (Å²) in [5, 5.41) is 0. The molecule has 0 unspecified atom stereocenters. The molecule has 6 nitrogen and oxygen atoms in total. The third-order valence-electron chi connectivity index (χ3n) is 5.57. The van der Waals surface area contributed by atoms with E-state index >= 15 is 0 Å². The van der Waals surface area contributed by atoms with Gasteiger partial charge >= 0.3 is 0 Å². The minimum absolute atomic E-state index is 0.0897. The quantitative estimate of drug-likeness (QED) is 0.463. The predicted octanol–water partition coefficient (Wildman–Crippen LogP) is 4.79. The Kier molecular flexibility index (Phi) is 8.08. The molecule has 3 aromatic rings. The van der Waals surface area contributed by atoms with Crippen LogP contribution in [0.1, 0.15) is 48.7 Å². The average molecular weight is 447 g/mol. The molecule has 0 aliphatic carbocycles. The monoisotopic (exact) mass is 446 g/mol. The molecule has 0 fully saturated rings. The molecule has 0 saturated carbocycles. The molecule has 0 heterocycles. The first-order valence-corrected chi connectivity index (χ1v) is 11.0. The molecule has 0 aliphatic rings. The SMILES string of the molecule is CCC(C)(C)c1ccc(OCC(=O)NNC(=O)c2ccc(OCc3ccccc3)cc2)cc1. The average Bonchev–Trinajstić information content (AvgIpc) is 2.86. The fraction of sp³-hybridized carbons (Fsp3) is 0.259. The Balaban J connectivity index is 1.41. The first-order chi connectivity index (χ1) is 15.9. The van der Waals surface area contributed by atoms with Crippen LogP contribution in [0.4, 0.5) is 0 Å². The van der Waals surface area contributed by atoms with Gasteiger partial charge in [0.1, 0.15) is 18.1 Å². The maximum atomic E-state index is 12.3. The highest BCUT2D eigenvalue weighted by Crippen LogP contribution is 2.28. The molecule has 6 heteroatoms. The number of carbonyl (C=O) groups excluding carboxylic acids is 2. The lowest BCUT2D eigenvalue weighted by molar-refractivity contribution is -0.123. The van der Waals surface area contributed by atoms with Crippen molar-refractivity contribution in [3.8, 4) is 11.5 Å². The van der Waals surface area contributed by atoms with E-state index in [1.807, 2.05) is 54.6 Å².